The van der Waals surface area contributed by atoms with Crippen LogP contribution in [0, 0.1) is 5.92 Å². The van der Waals surface area contributed by atoms with Crippen LogP contribution in [0.5, 0.6) is 0 Å². The molecular formula is C25H36ClN5O4. The highest BCUT2D eigenvalue weighted by atomic mass is 35.5. The molecule has 1 aromatic heterocycles. The zero-order valence-electron chi connectivity index (χ0n) is 20.7. The van der Waals surface area contributed by atoms with Gasteiger partial charge < -0.3 is 19.9 Å². The fourth-order valence-corrected chi connectivity index (χ4v) is 4.00. The van der Waals surface area contributed by atoms with Gasteiger partial charge in [0.1, 0.15) is 5.69 Å². The van der Waals surface area contributed by atoms with E-state index >= 15 is 0 Å². The fourth-order valence-electron chi connectivity index (χ4n) is 4.00. The number of nitrogens with zero attached hydrogens (tertiary/aromatic N) is 4. The molecular weight excluding hydrogens is 470 g/mol. The number of hydrogen-bond donors (Lipinski definition) is 1. The van der Waals surface area contributed by atoms with Crippen molar-refractivity contribution < 1.29 is 14.3 Å². The third kappa shape index (κ3) is 7.88. The molecule has 1 aromatic carbocycles. The van der Waals surface area contributed by atoms with Crippen LogP contribution in [-0.2, 0) is 22.6 Å². The second-order valence-corrected chi connectivity index (χ2v) is 8.87. The van der Waals surface area contributed by atoms with Crippen molar-refractivity contribution in [2.75, 3.05) is 44.8 Å². The third-order valence-corrected chi connectivity index (χ3v) is 5.73. The average Bonchev–Trinajstić information content (AvgIpc) is 2.86. The number of hydrogen-bond acceptors (Lipinski definition) is 6. The first-order valence-corrected chi connectivity index (χ1v) is 11.9. The van der Waals surface area contributed by atoms with Crippen molar-refractivity contribution in [3.8, 4) is 0 Å². The van der Waals surface area contributed by atoms with E-state index < -0.39 is 0 Å². The van der Waals surface area contributed by atoms with Crippen molar-refractivity contribution in [1.29, 1.82) is 0 Å². The SMILES string of the molecule is COCCn1nc(C(=O)N2CCCN(C(=O)CC(C)C)c3ccccc3CNCC2)ccc1=O.Cl. The highest BCUT2D eigenvalue weighted by Crippen LogP contribution is 2.23. The summed E-state index contributed by atoms with van der Waals surface area (Å²) in [7, 11) is 1.55. The second-order valence-electron chi connectivity index (χ2n) is 8.87. The number of benzene rings is 1. The maximum absolute atomic E-state index is 13.3. The topological polar surface area (TPSA) is 96.8 Å². The largest absolute Gasteiger partial charge is 0.383 e. The Morgan fingerprint density at radius 1 is 1.11 bits per heavy atom. The van der Waals surface area contributed by atoms with Crippen molar-refractivity contribution in [3.63, 3.8) is 0 Å². The number of anilines is 1. The molecule has 9 nitrogen and oxygen atoms in total. The summed E-state index contributed by atoms with van der Waals surface area (Å²) >= 11 is 0. The summed E-state index contributed by atoms with van der Waals surface area (Å²) in [5, 5.41) is 7.66. The van der Waals surface area contributed by atoms with Gasteiger partial charge in [0.15, 0.2) is 0 Å². The summed E-state index contributed by atoms with van der Waals surface area (Å²) in [6.07, 6.45) is 1.10. The number of methoxy groups -OCH3 is 1. The van der Waals surface area contributed by atoms with Crippen LogP contribution in [0.15, 0.2) is 41.2 Å². The molecule has 0 radical (unpaired) electrons. The highest BCUT2D eigenvalue weighted by Gasteiger charge is 2.23. The van der Waals surface area contributed by atoms with Crippen LogP contribution in [0.25, 0.3) is 0 Å². The summed E-state index contributed by atoms with van der Waals surface area (Å²) in [6.45, 7) is 7.39. The van der Waals surface area contributed by atoms with Crippen LogP contribution in [0.1, 0.15) is 42.7 Å². The second kappa shape index (κ2) is 14.0. The van der Waals surface area contributed by atoms with Gasteiger partial charge in [-0.25, -0.2) is 4.68 Å². The molecule has 1 N–H and O–H groups in total. The smallest absolute Gasteiger partial charge is 0.274 e. The van der Waals surface area contributed by atoms with Crippen LogP contribution in [0.4, 0.5) is 5.69 Å². The van der Waals surface area contributed by atoms with Gasteiger partial charge in [-0.15, -0.1) is 12.4 Å². The molecule has 1 aliphatic heterocycles. The maximum atomic E-state index is 13.3. The number of carbonyl (C=O) groups is 2. The van der Waals surface area contributed by atoms with Gasteiger partial charge in [-0.2, -0.15) is 5.10 Å². The first kappa shape index (κ1) is 28.5. The highest BCUT2D eigenvalue weighted by molar-refractivity contribution is 5.94. The molecule has 3 rings (SSSR count). The van der Waals surface area contributed by atoms with Crippen LogP contribution in [0.3, 0.4) is 0 Å². The van der Waals surface area contributed by atoms with E-state index in [2.05, 4.69) is 10.4 Å². The quantitative estimate of drug-likeness (QED) is 0.647. The Kier molecular flexibility index (Phi) is 11.4. The molecule has 35 heavy (non-hydrogen) atoms. The minimum Gasteiger partial charge on any atom is -0.383 e. The number of aromatic nitrogens is 2. The van der Waals surface area contributed by atoms with Gasteiger partial charge in [-0.1, -0.05) is 32.0 Å². The van der Waals surface area contributed by atoms with Crippen molar-refractivity contribution in [2.24, 2.45) is 5.92 Å². The zero-order valence-corrected chi connectivity index (χ0v) is 21.6. The van der Waals surface area contributed by atoms with Crippen LogP contribution < -0.4 is 15.8 Å². The van der Waals surface area contributed by atoms with Crippen molar-refractivity contribution in [2.45, 2.75) is 39.8 Å². The van der Waals surface area contributed by atoms with Gasteiger partial charge in [0.05, 0.1) is 13.2 Å². The molecule has 0 aliphatic carbocycles. The normalized spacial score (nSPS) is 14.6. The molecule has 0 saturated heterocycles. The molecule has 192 valence electrons. The number of para-hydroxylation sites is 1. The number of fused-ring (bicyclic) bond motifs is 1. The fraction of sp³-hybridized carbons (Fsp3) is 0.520. The molecule has 2 aromatic rings. The molecule has 0 atom stereocenters. The van der Waals surface area contributed by atoms with E-state index in [1.807, 2.05) is 43.0 Å². The third-order valence-electron chi connectivity index (χ3n) is 5.73. The lowest BCUT2D eigenvalue weighted by Crippen LogP contribution is -2.40. The number of carbonyl (C=O) groups excluding carboxylic acids is 2. The summed E-state index contributed by atoms with van der Waals surface area (Å²) < 4.78 is 6.28. The van der Waals surface area contributed by atoms with Crippen molar-refractivity contribution >= 4 is 29.9 Å². The first-order valence-electron chi connectivity index (χ1n) is 11.9. The number of amides is 2. The Bertz CT molecular complexity index is 1040. The van der Waals surface area contributed by atoms with E-state index in [4.69, 9.17) is 4.74 Å². The number of ether oxygens (including phenoxy) is 1. The van der Waals surface area contributed by atoms with Gasteiger partial charge in [0, 0.05) is 58.0 Å². The Hall–Kier alpha value is -2.75. The van der Waals surface area contributed by atoms with E-state index in [9.17, 15) is 14.4 Å². The number of halogens is 1. The lowest BCUT2D eigenvalue weighted by atomic mass is 10.1. The van der Waals surface area contributed by atoms with E-state index in [1.54, 1.807) is 12.0 Å². The van der Waals surface area contributed by atoms with Crippen LogP contribution >= 0.6 is 12.4 Å². The lowest BCUT2D eigenvalue weighted by molar-refractivity contribution is -0.119. The van der Waals surface area contributed by atoms with Gasteiger partial charge in [0.2, 0.25) is 5.91 Å². The lowest BCUT2D eigenvalue weighted by Gasteiger charge is -2.27. The summed E-state index contributed by atoms with van der Waals surface area (Å²) in [4.78, 5) is 42.0. The average molecular weight is 506 g/mol. The Labute approximate surface area is 212 Å². The van der Waals surface area contributed by atoms with E-state index in [0.29, 0.717) is 52.2 Å². The standard InChI is InChI=1S/C25H35N5O4.ClH/c1-19(2)17-24(32)29-13-6-12-28(14-11-26-18-20-7-4-5-8-22(20)29)25(33)21-9-10-23(31)30(27-21)15-16-34-3;/h4-5,7-10,19,26H,6,11-18H2,1-3H3;1H. The van der Waals surface area contributed by atoms with Crippen LogP contribution in [-0.4, -0.2) is 66.4 Å². The predicted molar refractivity (Wildman–Crippen MR) is 138 cm³/mol. The Morgan fingerprint density at radius 2 is 1.89 bits per heavy atom. The van der Waals surface area contributed by atoms with Crippen molar-refractivity contribution in [1.82, 2.24) is 20.0 Å². The van der Waals surface area contributed by atoms with E-state index in [1.165, 1.54) is 16.8 Å². The molecule has 0 fully saturated rings. The molecule has 0 spiro atoms. The minimum atomic E-state index is -0.273. The summed E-state index contributed by atoms with van der Waals surface area (Å²) in [5.74, 6) is 0.116. The van der Waals surface area contributed by atoms with Gasteiger partial charge >= 0.3 is 0 Å². The van der Waals surface area contributed by atoms with E-state index in [0.717, 1.165) is 11.3 Å². The molecule has 0 bridgehead atoms. The monoisotopic (exact) mass is 505 g/mol. The zero-order chi connectivity index (χ0) is 24.5. The number of nitrogens with one attached hydrogen (secondary N) is 1. The summed E-state index contributed by atoms with van der Waals surface area (Å²) in [5.41, 5.74) is 1.94. The van der Waals surface area contributed by atoms with Gasteiger partial charge in [0.25, 0.3) is 11.5 Å². The Morgan fingerprint density at radius 3 is 2.63 bits per heavy atom. The Balaban J connectivity index is 0.00000432. The van der Waals surface area contributed by atoms with Gasteiger partial charge in [-0.05, 0) is 30.0 Å². The van der Waals surface area contributed by atoms with Crippen molar-refractivity contribution in [3.05, 3.63) is 58.0 Å². The van der Waals surface area contributed by atoms with Gasteiger partial charge in [-0.3, -0.25) is 14.4 Å². The molecule has 10 heteroatoms. The van der Waals surface area contributed by atoms with E-state index in [-0.39, 0.29) is 47.9 Å². The molecule has 0 unspecified atom stereocenters. The molecule has 0 saturated carbocycles. The maximum Gasteiger partial charge on any atom is 0.274 e. The molecule has 2 amide bonds. The minimum absolute atomic E-state index is 0. The number of rotatable bonds is 6. The predicted octanol–water partition coefficient (Wildman–Crippen LogP) is 2.33. The summed E-state index contributed by atoms with van der Waals surface area (Å²) in [6, 6.07) is 10.8. The molecule has 1 aliphatic rings. The van der Waals surface area contributed by atoms with Crippen LogP contribution in [0.2, 0.25) is 0 Å². The first-order chi connectivity index (χ1) is 16.4. The molecule has 2 heterocycles.